The van der Waals surface area contributed by atoms with E-state index in [9.17, 15) is 0 Å². The van der Waals surface area contributed by atoms with E-state index in [-0.39, 0.29) is 12.1 Å². The van der Waals surface area contributed by atoms with Gasteiger partial charge in [0.05, 0.1) is 23.2 Å². The highest BCUT2D eigenvalue weighted by Crippen LogP contribution is 2.26. The molecule has 3 rings (SSSR count). The Hall–Kier alpha value is -1.43. The normalized spacial score (nSPS) is 19.8. The third-order valence-electron chi connectivity index (χ3n) is 3.67. The van der Waals surface area contributed by atoms with E-state index in [1.165, 1.54) is 0 Å². The van der Waals surface area contributed by atoms with Crippen molar-refractivity contribution in [1.82, 2.24) is 15.5 Å². The van der Waals surface area contributed by atoms with Crippen molar-refractivity contribution in [2.75, 3.05) is 6.61 Å². The van der Waals surface area contributed by atoms with Crippen LogP contribution in [0.15, 0.2) is 28.7 Å². The van der Waals surface area contributed by atoms with Gasteiger partial charge in [-0.1, -0.05) is 23.7 Å². The quantitative estimate of drug-likeness (QED) is 0.920. The molecule has 0 unspecified atom stereocenters. The molecule has 2 heterocycles. The molecule has 0 amide bonds. The Labute approximate surface area is 128 Å². The summed E-state index contributed by atoms with van der Waals surface area (Å²) in [7, 11) is 0. The zero-order chi connectivity index (χ0) is 14.7. The standard InChI is InChI=1S/C15H18ClN3O2/c1-10(13-7-4-8-20-13)17-9-14-18-19-15(21-14)11-5-2-3-6-12(11)16/h2-3,5-6,10,13,17H,4,7-9H2,1H3/t10-,13+/m0/s1. The van der Waals surface area contributed by atoms with Crippen LogP contribution in [-0.2, 0) is 11.3 Å². The summed E-state index contributed by atoms with van der Waals surface area (Å²) in [5.74, 6) is 0.997. The molecule has 1 aliphatic heterocycles. The van der Waals surface area contributed by atoms with Crippen LogP contribution < -0.4 is 5.32 Å². The van der Waals surface area contributed by atoms with Gasteiger partial charge in [-0.25, -0.2) is 0 Å². The average molecular weight is 308 g/mol. The van der Waals surface area contributed by atoms with E-state index in [1.807, 2.05) is 18.2 Å². The molecule has 0 spiro atoms. The zero-order valence-electron chi connectivity index (χ0n) is 11.9. The first-order valence-electron chi connectivity index (χ1n) is 7.16. The summed E-state index contributed by atoms with van der Waals surface area (Å²) >= 11 is 6.12. The lowest BCUT2D eigenvalue weighted by Gasteiger charge is -2.18. The van der Waals surface area contributed by atoms with E-state index in [2.05, 4.69) is 22.4 Å². The number of ether oxygens (including phenoxy) is 1. The number of hydrogen-bond acceptors (Lipinski definition) is 5. The Morgan fingerprint density at radius 1 is 1.38 bits per heavy atom. The molecule has 1 aliphatic rings. The topological polar surface area (TPSA) is 60.2 Å². The lowest BCUT2D eigenvalue weighted by atomic mass is 10.1. The molecule has 2 atom stereocenters. The van der Waals surface area contributed by atoms with Crippen molar-refractivity contribution in [2.45, 2.75) is 38.5 Å². The van der Waals surface area contributed by atoms with Crippen molar-refractivity contribution in [3.63, 3.8) is 0 Å². The fourth-order valence-corrected chi connectivity index (χ4v) is 2.66. The summed E-state index contributed by atoms with van der Waals surface area (Å²) < 4.78 is 11.3. The lowest BCUT2D eigenvalue weighted by molar-refractivity contribution is 0.0824. The molecule has 0 aliphatic carbocycles. The van der Waals surface area contributed by atoms with Crippen LogP contribution in [0.4, 0.5) is 0 Å². The summed E-state index contributed by atoms with van der Waals surface area (Å²) in [6, 6.07) is 7.69. The minimum Gasteiger partial charge on any atom is -0.419 e. The monoisotopic (exact) mass is 307 g/mol. The van der Waals surface area contributed by atoms with E-state index in [0.717, 1.165) is 25.0 Å². The summed E-state index contributed by atoms with van der Waals surface area (Å²) in [5.41, 5.74) is 0.755. The molecule has 0 bridgehead atoms. The SMILES string of the molecule is C[C@H](NCc1nnc(-c2ccccc2Cl)o1)[C@H]1CCCO1. The van der Waals surface area contributed by atoms with Gasteiger partial charge >= 0.3 is 0 Å². The lowest BCUT2D eigenvalue weighted by Crippen LogP contribution is -2.36. The molecule has 2 aromatic rings. The van der Waals surface area contributed by atoms with Crippen LogP contribution in [0.3, 0.4) is 0 Å². The van der Waals surface area contributed by atoms with Gasteiger partial charge in [0.15, 0.2) is 0 Å². The van der Waals surface area contributed by atoms with Crippen molar-refractivity contribution in [2.24, 2.45) is 0 Å². The first kappa shape index (κ1) is 14.5. The molecule has 1 saturated heterocycles. The maximum atomic E-state index is 6.12. The minimum atomic E-state index is 0.267. The Morgan fingerprint density at radius 2 is 2.24 bits per heavy atom. The molecule has 1 N–H and O–H groups in total. The van der Waals surface area contributed by atoms with Gasteiger partial charge in [0.1, 0.15) is 0 Å². The van der Waals surface area contributed by atoms with Crippen LogP contribution in [0.5, 0.6) is 0 Å². The van der Waals surface area contributed by atoms with Gasteiger partial charge in [-0.3, -0.25) is 0 Å². The number of aromatic nitrogens is 2. The molecule has 21 heavy (non-hydrogen) atoms. The van der Waals surface area contributed by atoms with E-state index in [0.29, 0.717) is 23.3 Å². The third kappa shape index (κ3) is 3.43. The smallest absolute Gasteiger partial charge is 0.249 e. The Bertz CT molecular complexity index is 596. The van der Waals surface area contributed by atoms with Gasteiger partial charge in [0.2, 0.25) is 11.8 Å². The minimum absolute atomic E-state index is 0.267. The largest absolute Gasteiger partial charge is 0.419 e. The van der Waals surface area contributed by atoms with Crippen molar-refractivity contribution in [1.29, 1.82) is 0 Å². The number of benzene rings is 1. The first-order valence-corrected chi connectivity index (χ1v) is 7.54. The van der Waals surface area contributed by atoms with Crippen molar-refractivity contribution in [3.05, 3.63) is 35.2 Å². The molecule has 1 aromatic carbocycles. The van der Waals surface area contributed by atoms with Crippen molar-refractivity contribution >= 4 is 11.6 Å². The molecule has 5 nitrogen and oxygen atoms in total. The van der Waals surface area contributed by atoms with Crippen LogP contribution in [0, 0.1) is 0 Å². The second-order valence-corrected chi connectivity index (χ2v) is 5.61. The summed E-state index contributed by atoms with van der Waals surface area (Å²) in [6.07, 6.45) is 2.51. The zero-order valence-corrected chi connectivity index (χ0v) is 12.6. The Kier molecular flexibility index (Phi) is 4.53. The van der Waals surface area contributed by atoms with Gasteiger partial charge in [-0.15, -0.1) is 10.2 Å². The van der Waals surface area contributed by atoms with Crippen LogP contribution >= 0.6 is 11.6 Å². The summed E-state index contributed by atoms with van der Waals surface area (Å²) in [4.78, 5) is 0. The van der Waals surface area contributed by atoms with Gasteiger partial charge in [-0.05, 0) is 31.9 Å². The Balaban J connectivity index is 1.61. The second kappa shape index (κ2) is 6.56. The van der Waals surface area contributed by atoms with E-state index < -0.39 is 0 Å². The number of nitrogens with one attached hydrogen (secondary N) is 1. The van der Waals surface area contributed by atoms with Gasteiger partial charge in [0.25, 0.3) is 0 Å². The highest BCUT2D eigenvalue weighted by atomic mass is 35.5. The van der Waals surface area contributed by atoms with Gasteiger partial charge in [-0.2, -0.15) is 0 Å². The summed E-state index contributed by atoms with van der Waals surface area (Å²) in [5, 5.41) is 12.1. The number of hydrogen-bond donors (Lipinski definition) is 1. The van der Waals surface area contributed by atoms with Gasteiger partial charge < -0.3 is 14.5 Å². The maximum absolute atomic E-state index is 6.12. The maximum Gasteiger partial charge on any atom is 0.249 e. The highest BCUT2D eigenvalue weighted by Gasteiger charge is 2.22. The van der Waals surface area contributed by atoms with E-state index in [1.54, 1.807) is 6.07 Å². The third-order valence-corrected chi connectivity index (χ3v) is 4.00. The molecule has 1 fully saturated rings. The second-order valence-electron chi connectivity index (χ2n) is 5.20. The van der Waals surface area contributed by atoms with E-state index in [4.69, 9.17) is 20.8 Å². The predicted molar refractivity (Wildman–Crippen MR) is 80.0 cm³/mol. The van der Waals surface area contributed by atoms with Crippen LogP contribution in [0.1, 0.15) is 25.7 Å². The molecule has 6 heteroatoms. The fourth-order valence-electron chi connectivity index (χ4n) is 2.45. The van der Waals surface area contributed by atoms with Crippen LogP contribution in [0.2, 0.25) is 5.02 Å². The fraction of sp³-hybridized carbons (Fsp3) is 0.467. The number of halogens is 1. The Morgan fingerprint density at radius 3 is 3.00 bits per heavy atom. The molecule has 0 saturated carbocycles. The number of rotatable bonds is 5. The summed E-state index contributed by atoms with van der Waals surface area (Å²) in [6.45, 7) is 3.49. The van der Waals surface area contributed by atoms with Crippen molar-refractivity contribution in [3.8, 4) is 11.5 Å². The van der Waals surface area contributed by atoms with Gasteiger partial charge in [0, 0.05) is 12.6 Å². The highest BCUT2D eigenvalue weighted by molar-refractivity contribution is 6.33. The van der Waals surface area contributed by atoms with Crippen molar-refractivity contribution < 1.29 is 9.15 Å². The average Bonchev–Trinajstić information content (AvgIpc) is 3.17. The van der Waals surface area contributed by atoms with Crippen LogP contribution in [0.25, 0.3) is 11.5 Å². The van der Waals surface area contributed by atoms with Crippen LogP contribution in [-0.4, -0.2) is 29.0 Å². The molecule has 112 valence electrons. The first-order chi connectivity index (χ1) is 10.2. The molecular formula is C15H18ClN3O2. The predicted octanol–water partition coefficient (Wildman–Crippen LogP) is 3.05. The number of nitrogens with zero attached hydrogens (tertiary/aromatic N) is 2. The van der Waals surface area contributed by atoms with E-state index >= 15 is 0 Å². The molecule has 0 radical (unpaired) electrons. The molecular weight excluding hydrogens is 290 g/mol. The molecule has 1 aromatic heterocycles.